The summed E-state index contributed by atoms with van der Waals surface area (Å²) in [4.78, 5) is 18.5. The van der Waals surface area contributed by atoms with Crippen LogP contribution in [0.25, 0.3) is 0 Å². The van der Waals surface area contributed by atoms with E-state index in [9.17, 15) is 4.79 Å². The lowest BCUT2D eigenvalue weighted by Crippen LogP contribution is -2.46. The van der Waals surface area contributed by atoms with Crippen molar-refractivity contribution in [2.45, 2.75) is 45.6 Å². The average molecular weight is 458 g/mol. The molecule has 1 aliphatic rings. The van der Waals surface area contributed by atoms with Crippen molar-refractivity contribution in [3.05, 3.63) is 35.4 Å². The predicted molar refractivity (Wildman–Crippen MR) is 114 cm³/mol. The van der Waals surface area contributed by atoms with Crippen LogP contribution in [0.1, 0.15) is 43.7 Å². The van der Waals surface area contributed by atoms with E-state index in [1.54, 1.807) is 7.05 Å². The van der Waals surface area contributed by atoms with Crippen molar-refractivity contribution in [3.8, 4) is 0 Å². The first-order valence-corrected chi connectivity index (χ1v) is 9.03. The molecule has 0 fully saturated rings. The Morgan fingerprint density at radius 3 is 2.64 bits per heavy atom. The Morgan fingerprint density at radius 2 is 1.92 bits per heavy atom. The van der Waals surface area contributed by atoms with Gasteiger partial charge in [-0.25, -0.2) is 0 Å². The highest BCUT2D eigenvalue weighted by Crippen LogP contribution is 2.18. The molecule has 1 heterocycles. The van der Waals surface area contributed by atoms with Crippen LogP contribution in [0.3, 0.4) is 0 Å². The van der Waals surface area contributed by atoms with Crippen LogP contribution in [0.4, 0.5) is 0 Å². The van der Waals surface area contributed by atoms with Gasteiger partial charge in [-0.2, -0.15) is 0 Å². The van der Waals surface area contributed by atoms with E-state index in [-0.39, 0.29) is 36.4 Å². The lowest BCUT2D eigenvalue weighted by molar-refractivity contribution is -0.130. The quantitative estimate of drug-likeness (QED) is 0.286. The van der Waals surface area contributed by atoms with E-state index < -0.39 is 0 Å². The minimum absolute atomic E-state index is 0. The summed E-state index contributed by atoms with van der Waals surface area (Å²) < 4.78 is 0. The number of amides is 1. The van der Waals surface area contributed by atoms with E-state index >= 15 is 0 Å². The number of carbonyl (C=O) groups excluding carboxylic acids is 1. The molecular formula is C19H31IN4O. The number of benzene rings is 1. The van der Waals surface area contributed by atoms with Crippen molar-refractivity contribution < 1.29 is 4.79 Å². The maximum absolute atomic E-state index is 12.4. The summed E-state index contributed by atoms with van der Waals surface area (Å²) >= 11 is 0. The third-order valence-electron chi connectivity index (χ3n) is 4.44. The molecule has 0 radical (unpaired) electrons. The second kappa shape index (κ2) is 12.1. The van der Waals surface area contributed by atoms with Crippen molar-refractivity contribution in [3.63, 3.8) is 0 Å². The fourth-order valence-electron chi connectivity index (χ4n) is 2.96. The minimum atomic E-state index is 0. The van der Waals surface area contributed by atoms with Gasteiger partial charge >= 0.3 is 0 Å². The molecule has 0 aromatic heterocycles. The number of nitrogens with zero attached hydrogens (tertiary/aromatic N) is 2. The summed E-state index contributed by atoms with van der Waals surface area (Å²) in [7, 11) is 1.74. The number of hydrogen-bond acceptors (Lipinski definition) is 2. The zero-order valence-electron chi connectivity index (χ0n) is 15.4. The molecule has 0 aliphatic carbocycles. The molecular weight excluding hydrogens is 427 g/mol. The molecule has 0 saturated carbocycles. The first-order valence-electron chi connectivity index (χ1n) is 9.03. The van der Waals surface area contributed by atoms with Crippen molar-refractivity contribution in [1.29, 1.82) is 0 Å². The summed E-state index contributed by atoms with van der Waals surface area (Å²) in [6.07, 6.45) is 5.80. The van der Waals surface area contributed by atoms with Crippen molar-refractivity contribution >= 4 is 35.8 Å². The molecule has 2 rings (SSSR count). The third kappa shape index (κ3) is 7.22. The highest BCUT2D eigenvalue weighted by molar-refractivity contribution is 14.0. The van der Waals surface area contributed by atoms with Crippen LogP contribution in [0.5, 0.6) is 0 Å². The van der Waals surface area contributed by atoms with Crippen LogP contribution in [0.15, 0.2) is 29.3 Å². The van der Waals surface area contributed by atoms with Gasteiger partial charge in [0.1, 0.15) is 0 Å². The Morgan fingerprint density at radius 1 is 1.16 bits per heavy atom. The van der Waals surface area contributed by atoms with Crippen LogP contribution in [-0.2, 0) is 17.8 Å². The van der Waals surface area contributed by atoms with Gasteiger partial charge in [-0.05, 0) is 24.0 Å². The second-order valence-electron chi connectivity index (χ2n) is 6.25. The normalized spacial score (nSPS) is 13.7. The fourth-order valence-corrected chi connectivity index (χ4v) is 2.96. The van der Waals surface area contributed by atoms with Gasteiger partial charge in [-0.1, -0.05) is 50.5 Å². The fraction of sp³-hybridized carbons (Fsp3) is 0.579. The number of fused-ring (bicyclic) bond motifs is 1. The Labute approximate surface area is 168 Å². The van der Waals surface area contributed by atoms with Crippen LogP contribution in [0.2, 0.25) is 0 Å². The maximum atomic E-state index is 12.4. The smallest absolute Gasteiger partial charge is 0.242 e. The molecule has 6 heteroatoms. The molecule has 1 aliphatic heterocycles. The van der Waals surface area contributed by atoms with E-state index in [2.05, 4.69) is 40.7 Å². The summed E-state index contributed by atoms with van der Waals surface area (Å²) in [5, 5.41) is 6.40. The monoisotopic (exact) mass is 458 g/mol. The summed E-state index contributed by atoms with van der Waals surface area (Å²) in [5.74, 6) is 0.829. The van der Waals surface area contributed by atoms with E-state index in [1.165, 1.54) is 30.4 Å². The van der Waals surface area contributed by atoms with Crippen molar-refractivity contribution in [2.75, 3.05) is 26.7 Å². The number of guanidine groups is 1. The number of halogens is 1. The lowest BCUT2D eigenvalue weighted by Gasteiger charge is -2.29. The number of aliphatic imine (C=N–C) groups is 1. The SMILES string of the molecule is CCCCCCNC(=NC)NCC(=O)N1CCc2ccccc2C1.I. The van der Waals surface area contributed by atoms with Crippen molar-refractivity contribution in [1.82, 2.24) is 15.5 Å². The number of rotatable bonds is 7. The Bertz CT molecular complexity index is 562. The molecule has 5 nitrogen and oxygen atoms in total. The highest BCUT2D eigenvalue weighted by atomic mass is 127. The predicted octanol–water partition coefficient (Wildman–Crippen LogP) is 2.93. The molecule has 0 unspecified atom stereocenters. The molecule has 1 aromatic rings. The summed E-state index contributed by atoms with van der Waals surface area (Å²) in [6, 6.07) is 8.36. The summed E-state index contributed by atoms with van der Waals surface area (Å²) in [5.41, 5.74) is 2.62. The van der Waals surface area contributed by atoms with E-state index in [1.807, 2.05) is 11.0 Å². The molecule has 2 N–H and O–H groups in total. The number of carbonyl (C=O) groups is 1. The first-order chi connectivity index (χ1) is 11.7. The Hall–Kier alpha value is -1.31. The Balaban J connectivity index is 0.00000312. The molecule has 0 bridgehead atoms. The number of unbranched alkanes of at least 4 members (excludes halogenated alkanes) is 3. The topological polar surface area (TPSA) is 56.7 Å². The molecule has 0 atom stereocenters. The first kappa shape index (κ1) is 21.7. The van der Waals surface area contributed by atoms with Gasteiger partial charge in [0.05, 0.1) is 6.54 Å². The van der Waals surface area contributed by atoms with Crippen LogP contribution < -0.4 is 10.6 Å². The minimum Gasteiger partial charge on any atom is -0.356 e. The number of nitrogens with one attached hydrogen (secondary N) is 2. The van der Waals surface area contributed by atoms with Crippen molar-refractivity contribution in [2.24, 2.45) is 4.99 Å². The zero-order valence-corrected chi connectivity index (χ0v) is 17.7. The molecule has 0 spiro atoms. The number of hydrogen-bond donors (Lipinski definition) is 2. The third-order valence-corrected chi connectivity index (χ3v) is 4.44. The van der Waals surface area contributed by atoms with Gasteiger partial charge in [0.25, 0.3) is 0 Å². The van der Waals surface area contributed by atoms with Gasteiger partial charge in [0, 0.05) is 26.7 Å². The van der Waals surface area contributed by atoms with E-state index in [0.717, 1.165) is 25.9 Å². The Kier molecular flexibility index (Phi) is 10.5. The van der Waals surface area contributed by atoms with Crippen LogP contribution in [0, 0.1) is 0 Å². The largest absolute Gasteiger partial charge is 0.356 e. The summed E-state index contributed by atoms with van der Waals surface area (Å²) in [6.45, 7) is 4.89. The van der Waals surface area contributed by atoms with E-state index in [0.29, 0.717) is 12.5 Å². The van der Waals surface area contributed by atoms with Crippen LogP contribution >= 0.6 is 24.0 Å². The maximum Gasteiger partial charge on any atom is 0.242 e. The van der Waals surface area contributed by atoms with Gasteiger partial charge in [0.2, 0.25) is 5.91 Å². The highest BCUT2D eigenvalue weighted by Gasteiger charge is 2.20. The van der Waals surface area contributed by atoms with Crippen LogP contribution in [-0.4, -0.2) is 43.4 Å². The second-order valence-corrected chi connectivity index (χ2v) is 6.25. The molecule has 0 saturated heterocycles. The van der Waals surface area contributed by atoms with Gasteiger partial charge in [-0.3, -0.25) is 9.79 Å². The lowest BCUT2D eigenvalue weighted by atomic mass is 10.00. The molecule has 1 aromatic carbocycles. The molecule has 1 amide bonds. The van der Waals surface area contributed by atoms with Gasteiger partial charge < -0.3 is 15.5 Å². The van der Waals surface area contributed by atoms with Gasteiger partial charge in [-0.15, -0.1) is 24.0 Å². The average Bonchev–Trinajstić information content (AvgIpc) is 2.63. The van der Waals surface area contributed by atoms with Gasteiger partial charge in [0.15, 0.2) is 5.96 Å². The van der Waals surface area contributed by atoms with E-state index in [4.69, 9.17) is 0 Å². The molecule has 25 heavy (non-hydrogen) atoms. The molecule has 140 valence electrons. The standard InChI is InChI=1S/C19H30N4O.HI/c1-3-4-5-8-12-21-19(20-2)22-14-18(24)23-13-11-16-9-6-7-10-17(16)15-23;/h6-7,9-10H,3-5,8,11-15H2,1-2H3,(H2,20,21,22);1H. The zero-order chi connectivity index (χ0) is 17.2.